The Morgan fingerprint density at radius 2 is 2.04 bits per heavy atom. The second-order valence-corrected chi connectivity index (χ2v) is 5.98. The van der Waals surface area contributed by atoms with E-state index < -0.39 is 24.0 Å². The van der Waals surface area contributed by atoms with Crippen molar-refractivity contribution < 1.29 is 23.9 Å². The molecule has 1 atom stereocenters. The van der Waals surface area contributed by atoms with Gasteiger partial charge in [-0.05, 0) is 50.5 Å². The van der Waals surface area contributed by atoms with Gasteiger partial charge < -0.3 is 14.8 Å². The number of halogens is 1. The van der Waals surface area contributed by atoms with Crippen LogP contribution in [-0.4, -0.2) is 36.7 Å². The third-order valence-corrected chi connectivity index (χ3v) is 3.74. The first kappa shape index (κ1) is 18.1. The maximum atomic E-state index is 11.7. The van der Waals surface area contributed by atoms with Crippen molar-refractivity contribution in [3.8, 4) is 5.75 Å². The molecule has 1 unspecified atom stereocenters. The molecule has 24 heavy (non-hydrogen) atoms. The molecule has 0 radical (unpaired) electrons. The summed E-state index contributed by atoms with van der Waals surface area (Å²) in [4.78, 5) is 34.9. The van der Waals surface area contributed by atoms with Crippen molar-refractivity contribution in [1.82, 2.24) is 10.6 Å². The normalized spacial score (nSPS) is 14.5. The number of ether oxygens (including phenoxy) is 2. The van der Waals surface area contributed by atoms with Crippen LogP contribution in [0.3, 0.4) is 0 Å². The number of carbonyl (C=O) groups is 3. The molecular formula is C16H19ClN2O5. The maximum Gasteiger partial charge on any atom is 0.344 e. The fourth-order valence-corrected chi connectivity index (χ4v) is 1.91. The fraction of sp³-hybridized carbons (Fsp3) is 0.438. The molecule has 7 nitrogen and oxygen atoms in total. The van der Waals surface area contributed by atoms with Crippen molar-refractivity contribution in [2.75, 3.05) is 6.61 Å². The Kier molecular flexibility index (Phi) is 6.03. The van der Waals surface area contributed by atoms with E-state index in [0.717, 1.165) is 18.4 Å². The predicted octanol–water partition coefficient (Wildman–Crippen LogP) is 1.95. The van der Waals surface area contributed by atoms with E-state index in [1.165, 1.54) is 6.92 Å². The molecule has 1 aromatic rings. The zero-order valence-corrected chi connectivity index (χ0v) is 14.2. The highest BCUT2D eigenvalue weighted by Crippen LogP contribution is 2.21. The summed E-state index contributed by atoms with van der Waals surface area (Å²) in [6.07, 6.45) is 0.722. The summed E-state index contributed by atoms with van der Waals surface area (Å²) < 4.78 is 10.2. The largest absolute Gasteiger partial charge is 0.482 e. The van der Waals surface area contributed by atoms with Crippen molar-refractivity contribution in [2.45, 2.75) is 38.8 Å². The van der Waals surface area contributed by atoms with Crippen LogP contribution in [0.5, 0.6) is 5.75 Å². The number of benzene rings is 1. The van der Waals surface area contributed by atoms with Gasteiger partial charge in [-0.1, -0.05) is 11.6 Å². The lowest BCUT2D eigenvalue weighted by atomic mass is 10.2. The molecular weight excluding hydrogens is 336 g/mol. The first-order valence-corrected chi connectivity index (χ1v) is 7.92. The zero-order chi connectivity index (χ0) is 17.7. The highest BCUT2D eigenvalue weighted by atomic mass is 35.5. The van der Waals surface area contributed by atoms with Crippen LogP contribution in [0, 0.1) is 6.92 Å². The Bertz CT molecular complexity index is 645. The minimum Gasteiger partial charge on any atom is -0.482 e. The molecule has 2 rings (SSSR count). The lowest BCUT2D eigenvalue weighted by Crippen LogP contribution is -2.45. The molecule has 0 bridgehead atoms. The minimum absolute atomic E-state index is 0.131. The SMILES string of the molecule is Cc1cc(OCC(=O)OC(C)C(=O)NC(=O)NC2CC2)ccc1Cl. The number of esters is 1. The van der Waals surface area contributed by atoms with Gasteiger partial charge in [-0.3, -0.25) is 10.1 Å². The van der Waals surface area contributed by atoms with Gasteiger partial charge in [0.05, 0.1) is 0 Å². The van der Waals surface area contributed by atoms with E-state index >= 15 is 0 Å². The van der Waals surface area contributed by atoms with Crippen molar-refractivity contribution in [1.29, 1.82) is 0 Å². The van der Waals surface area contributed by atoms with E-state index in [2.05, 4.69) is 10.6 Å². The minimum atomic E-state index is -1.10. The molecule has 2 N–H and O–H groups in total. The van der Waals surface area contributed by atoms with Crippen molar-refractivity contribution >= 4 is 29.5 Å². The van der Waals surface area contributed by atoms with Gasteiger partial charge in [-0.2, -0.15) is 0 Å². The molecule has 1 aliphatic carbocycles. The quantitative estimate of drug-likeness (QED) is 0.761. The van der Waals surface area contributed by atoms with E-state index in [-0.39, 0.29) is 12.6 Å². The van der Waals surface area contributed by atoms with Gasteiger partial charge in [-0.15, -0.1) is 0 Å². The fourth-order valence-electron chi connectivity index (χ4n) is 1.80. The molecule has 1 aromatic carbocycles. The molecule has 3 amide bonds. The summed E-state index contributed by atoms with van der Waals surface area (Å²) in [5.41, 5.74) is 0.817. The first-order valence-electron chi connectivity index (χ1n) is 7.55. The van der Waals surface area contributed by atoms with Gasteiger partial charge in [0.2, 0.25) is 0 Å². The number of aryl methyl sites for hydroxylation is 1. The summed E-state index contributed by atoms with van der Waals surface area (Å²) in [7, 11) is 0. The number of carbonyl (C=O) groups excluding carboxylic acids is 3. The summed E-state index contributed by atoms with van der Waals surface area (Å²) in [6, 6.07) is 4.52. The molecule has 1 fully saturated rings. The van der Waals surface area contributed by atoms with E-state index in [9.17, 15) is 14.4 Å². The Morgan fingerprint density at radius 3 is 2.67 bits per heavy atom. The Balaban J connectivity index is 1.72. The van der Waals surface area contributed by atoms with E-state index in [1.807, 2.05) is 6.92 Å². The first-order chi connectivity index (χ1) is 11.3. The number of rotatable bonds is 6. The van der Waals surface area contributed by atoms with Crippen LogP contribution in [0.4, 0.5) is 4.79 Å². The van der Waals surface area contributed by atoms with Crippen molar-refractivity contribution in [3.05, 3.63) is 28.8 Å². The van der Waals surface area contributed by atoms with Crippen LogP contribution in [0.25, 0.3) is 0 Å². The monoisotopic (exact) mass is 354 g/mol. The maximum absolute atomic E-state index is 11.7. The lowest BCUT2D eigenvalue weighted by molar-refractivity contribution is -0.156. The van der Waals surface area contributed by atoms with Crippen molar-refractivity contribution in [2.24, 2.45) is 0 Å². The van der Waals surface area contributed by atoms with Crippen LogP contribution < -0.4 is 15.4 Å². The average Bonchev–Trinajstić information content (AvgIpc) is 3.32. The van der Waals surface area contributed by atoms with Crippen LogP contribution in [0.1, 0.15) is 25.3 Å². The molecule has 1 saturated carbocycles. The van der Waals surface area contributed by atoms with Gasteiger partial charge in [-0.25, -0.2) is 9.59 Å². The molecule has 8 heteroatoms. The lowest BCUT2D eigenvalue weighted by Gasteiger charge is -2.13. The number of urea groups is 1. The predicted molar refractivity (Wildman–Crippen MR) is 86.9 cm³/mol. The summed E-state index contributed by atoms with van der Waals surface area (Å²) in [5, 5.41) is 5.32. The number of amides is 3. The Labute approximate surface area is 144 Å². The van der Waals surface area contributed by atoms with Crippen LogP contribution >= 0.6 is 11.6 Å². The van der Waals surface area contributed by atoms with E-state index in [1.54, 1.807) is 18.2 Å². The standard InChI is InChI=1S/C16H19ClN2O5/c1-9-7-12(5-6-13(9)17)23-8-14(20)24-10(2)15(21)19-16(22)18-11-3-4-11/h5-7,10-11H,3-4,8H2,1-2H3,(H2,18,19,21,22). The van der Waals surface area contributed by atoms with E-state index in [4.69, 9.17) is 21.1 Å². The third kappa shape index (κ3) is 5.73. The van der Waals surface area contributed by atoms with Gasteiger partial charge in [0.1, 0.15) is 5.75 Å². The van der Waals surface area contributed by atoms with E-state index in [0.29, 0.717) is 10.8 Å². The number of hydrogen-bond acceptors (Lipinski definition) is 5. The molecule has 0 aromatic heterocycles. The molecule has 0 heterocycles. The second-order valence-electron chi connectivity index (χ2n) is 5.57. The smallest absolute Gasteiger partial charge is 0.344 e. The van der Waals surface area contributed by atoms with Crippen LogP contribution in [0.2, 0.25) is 5.02 Å². The molecule has 0 spiro atoms. The molecule has 0 saturated heterocycles. The van der Waals surface area contributed by atoms with Crippen LogP contribution in [0.15, 0.2) is 18.2 Å². The molecule has 130 valence electrons. The summed E-state index contributed by atoms with van der Waals surface area (Å²) in [5.74, 6) is -0.938. The number of hydrogen-bond donors (Lipinski definition) is 2. The zero-order valence-electron chi connectivity index (χ0n) is 13.4. The third-order valence-electron chi connectivity index (χ3n) is 3.31. The highest BCUT2D eigenvalue weighted by Gasteiger charge is 2.26. The van der Waals surface area contributed by atoms with Crippen LogP contribution in [-0.2, 0) is 14.3 Å². The molecule has 0 aliphatic heterocycles. The highest BCUT2D eigenvalue weighted by molar-refractivity contribution is 6.31. The number of nitrogens with one attached hydrogen (secondary N) is 2. The van der Waals surface area contributed by atoms with Crippen molar-refractivity contribution in [3.63, 3.8) is 0 Å². The topological polar surface area (TPSA) is 93.7 Å². The van der Waals surface area contributed by atoms with Gasteiger partial charge >= 0.3 is 12.0 Å². The summed E-state index contributed by atoms with van der Waals surface area (Å²) >= 11 is 5.90. The molecule has 1 aliphatic rings. The Hall–Kier alpha value is -2.28. The van der Waals surface area contributed by atoms with Gasteiger partial charge in [0, 0.05) is 11.1 Å². The summed E-state index contributed by atoms with van der Waals surface area (Å²) in [6.45, 7) is 2.84. The van der Waals surface area contributed by atoms with Gasteiger partial charge in [0.15, 0.2) is 12.7 Å². The number of imide groups is 1. The average molecular weight is 355 g/mol. The Morgan fingerprint density at radius 1 is 1.33 bits per heavy atom. The second kappa shape index (κ2) is 8.01. The van der Waals surface area contributed by atoms with Gasteiger partial charge in [0.25, 0.3) is 5.91 Å².